The van der Waals surface area contributed by atoms with E-state index >= 15 is 0 Å². The molecular weight excluding hydrogens is 421 g/mol. The Kier molecular flexibility index (Phi) is 3.86. The maximum absolute atomic E-state index is 6.09. The molecule has 1 aromatic heterocycles. The molecule has 108 valence electrons. The molecule has 2 N–H and O–H groups in total. The molecule has 0 aliphatic carbocycles. The number of halogens is 3. The summed E-state index contributed by atoms with van der Waals surface area (Å²) in [5.74, 6) is 1.09. The number of nitrogen functional groups attached to an aromatic ring is 1. The van der Waals surface area contributed by atoms with Gasteiger partial charge in [-0.1, -0.05) is 11.6 Å². The third kappa shape index (κ3) is 2.52. The number of methoxy groups -OCH3 is 1. The zero-order valence-electron chi connectivity index (χ0n) is 10.9. The van der Waals surface area contributed by atoms with E-state index in [9.17, 15) is 0 Å². The molecule has 0 atom stereocenters. The monoisotopic (exact) mass is 429 g/mol. The van der Waals surface area contributed by atoms with Crippen molar-refractivity contribution in [2.45, 2.75) is 0 Å². The Morgan fingerprint density at radius 1 is 1.19 bits per heavy atom. The maximum atomic E-state index is 6.09. The highest BCUT2D eigenvalue weighted by Crippen LogP contribution is 2.36. The Hall–Kier alpha value is -1.24. The molecule has 0 radical (unpaired) electrons. The van der Waals surface area contributed by atoms with Gasteiger partial charge in [0.1, 0.15) is 5.75 Å². The predicted octanol–water partition coefficient (Wildman–Crippen LogP) is 4.79. The van der Waals surface area contributed by atoms with Crippen molar-refractivity contribution in [2.75, 3.05) is 12.8 Å². The predicted molar refractivity (Wildman–Crippen MR) is 92.4 cm³/mol. The highest BCUT2D eigenvalue weighted by atomic mass is 79.9. The fraction of sp³-hybridized carbons (Fsp3) is 0.0714. The number of benzene rings is 2. The summed E-state index contributed by atoms with van der Waals surface area (Å²) in [6.07, 6.45) is 0. The van der Waals surface area contributed by atoms with E-state index in [4.69, 9.17) is 22.1 Å². The van der Waals surface area contributed by atoms with Crippen molar-refractivity contribution in [3.63, 3.8) is 0 Å². The van der Waals surface area contributed by atoms with Crippen LogP contribution in [0, 0.1) is 0 Å². The number of nitrogens with two attached hydrogens (primary N) is 1. The van der Waals surface area contributed by atoms with Crippen LogP contribution in [0.15, 0.2) is 39.3 Å². The second-order valence-electron chi connectivity index (χ2n) is 4.38. The first-order valence-electron chi connectivity index (χ1n) is 5.98. The first-order chi connectivity index (χ1) is 10.0. The third-order valence-electron chi connectivity index (χ3n) is 3.10. The lowest BCUT2D eigenvalue weighted by Crippen LogP contribution is -2.02. The minimum absolute atomic E-state index is 0.386. The number of anilines is 1. The highest BCUT2D eigenvalue weighted by Gasteiger charge is 2.15. The molecule has 0 aliphatic heterocycles. The van der Waals surface area contributed by atoms with E-state index in [0.29, 0.717) is 16.7 Å². The minimum Gasteiger partial charge on any atom is -0.495 e. The number of hydrogen-bond donors (Lipinski definition) is 1. The molecular formula is C14H10Br2ClN3O. The molecule has 0 unspecified atom stereocenters. The van der Waals surface area contributed by atoms with Crippen LogP contribution >= 0.6 is 43.5 Å². The Morgan fingerprint density at radius 2 is 1.95 bits per heavy atom. The third-order valence-corrected chi connectivity index (χ3v) is 4.59. The molecule has 2 aromatic carbocycles. The summed E-state index contributed by atoms with van der Waals surface area (Å²) in [7, 11) is 1.62. The number of hydrogen-bond acceptors (Lipinski definition) is 3. The lowest BCUT2D eigenvalue weighted by Gasteiger charge is -2.12. The Labute approximate surface area is 143 Å². The minimum atomic E-state index is 0.386. The Balaban J connectivity index is 2.34. The second kappa shape index (κ2) is 5.51. The van der Waals surface area contributed by atoms with E-state index in [1.54, 1.807) is 13.2 Å². The molecule has 0 saturated carbocycles. The standard InChI is InChI=1S/C14H10Br2ClN3O/c1-21-13-6-11(8(15)5-9(13)16)20-12-4-7(17)2-3-10(12)19-14(20)18/h2-6H,1H3,(H2,18,19). The van der Waals surface area contributed by atoms with E-state index in [-0.39, 0.29) is 0 Å². The summed E-state index contributed by atoms with van der Waals surface area (Å²) in [4.78, 5) is 4.36. The van der Waals surface area contributed by atoms with Crippen molar-refractivity contribution in [1.29, 1.82) is 0 Å². The van der Waals surface area contributed by atoms with Crippen molar-refractivity contribution >= 4 is 60.4 Å². The molecule has 3 aromatic rings. The van der Waals surface area contributed by atoms with Gasteiger partial charge in [-0.3, -0.25) is 4.57 Å². The van der Waals surface area contributed by atoms with Crippen LogP contribution in [0.25, 0.3) is 16.7 Å². The van der Waals surface area contributed by atoms with E-state index in [2.05, 4.69) is 36.8 Å². The zero-order chi connectivity index (χ0) is 15.1. The summed E-state index contributed by atoms with van der Waals surface area (Å²) in [6, 6.07) is 9.25. The van der Waals surface area contributed by atoms with Gasteiger partial charge in [0.25, 0.3) is 0 Å². The van der Waals surface area contributed by atoms with E-state index in [1.807, 2.05) is 28.8 Å². The van der Waals surface area contributed by atoms with Crippen LogP contribution in [0.3, 0.4) is 0 Å². The summed E-state index contributed by atoms with van der Waals surface area (Å²) in [5.41, 5.74) is 8.52. The SMILES string of the molecule is COc1cc(-n2c(N)nc3ccc(Cl)cc32)c(Br)cc1Br. The van der Waals surface area contributed by atoms with Gasteiger partial charge >= 0.3 is 0 Å². The average molecular weight is 432 g/mol. The fourth-order valence-corrected chi connectivity index (χ4v) is 3.67. The van der Waals surface area contributed by atoms with Crippen LogP contribution in [0.4, 0.5) is 5.95 Å². The van der Waals surface area contributed by atoms with Crippen molar-refractivity contribution < 1.29 is 4.74 Å². The topological polar surface area (TPSA) is 53.1 Å². The lowest BCUT2D eigenvalue weighted by molar-refractivity contribution is 0.412. The molecule has 0 amide bonds. The smallest absolute Gasteiger partial charge is 0.205 e. The average Bonchev–Trinajstić information content (AvgIpc) is 2.75. The normalized spacial score (nSPS) is 11.0. The van der Waals surface area contributed by atoms with Gasteiger partial charge < -0.3 is 10.5 Å². The molecule has 0 aliphatic rings. The molecule has 0 bridgehead atoms. The Bertz CT molecular complexity index is 848. The van der Waals surface area contributed by atoms with Gasteiger partial charge in [-0.25, -0.2) is 4.98 Å². The number of fused-ring (bicyclic) bond motifs is 1. The van der Waals surface area contributed by atoms with Gasteiger partial charge in [0, 0.05) is 15.6 Å². The summed E-state index contributed by atoms with van der Waals surface area (Å²) < 4.78 is 8.89. The second-order valence-corrected chi connectivity index (χ2v) is 6.52. The van der Waals surface area contributed by atoms with Gasteiger partial charge in [-0.15, -0.1) is 0 Å². The zero-order valence-corrected chi connectivity index (χ0v) is 14.8. The van der Waals surface area contributed by atoms with Crippen LogP contribution in [-0.2, 0) is 0 Å². The largest absolute Gasteiger partial charge is 0.495 e. The maximum Gasteiger partial charge on any atom is 0.205 e. The van der Waals surface area contributed by atoms with Crippen molar-refractivity contribution in [1.82, 2.24) is 9.55 Å². The van der Waals surface area contributed by atoms with Crippen LogP contribution in [0.2, 0.25) is 5.02 Å². The van der Waals surface area contributed by atoms with Gasteiger partial charge in [0.2, 0.25) is 5.95 Å². The molecule has 7 heteroatoms. The van der Waals surface area contributed by atoms with Gasteiger partial charge in [-0.05, 0) is 56.1 Å². The first-order valence-corrected chi connectivity index (χ1v) is 7.94. The van der Waals surface area contributed by atoms with E-state index < -0.39 is 0 Å². The van der Waals surface area contributed by atoms with Crippen molar-refractivity contribution in [3.8, 4) is 11.4 Å². The number of ether oxygens (including phenoxy) is 1. The highest BCUT2D eigenvalue weighted by molar-refractivity contribution is 9.11. The molecule has 21 heavy (non-hydrogen) atoms. The van der Waals surface area contributed by atoms with Gasteiger partial charge in [0.05, 0.1) is 28.3 Å². The fourth-order valence-electron chi connectivity index (χ4n) is 2.17. The lowest BCUT2D eigenvalue weighted by atomic mass is 10.2. The van der Waals surface area contributed by atoms with Gasteiger partial charge in [0.15, 0.2) is 0 Å². The number of aromatic nitrogens is 2. The van der Waals surface area contributed by atoms with Crippen molar-refractivity contribution in [3.05, 3.63) is 44.3 Å². The summed E-state index contributed by atoms with van der Waals surface area (Å²) in [5, 5.41) is 0.629. The molecule has 1 heterocycles. The van der Waals surface area contributed by atoms with Crippen molar-refractivity contribution in [2.24, 2.45) is 0 Å². The number of nitrogens with zero attached hydrogens (tertiary/aromatic N) is 2. The van der Waals surface area contributed by atoms with Gasteiger partial charge in [-0.2, -0.15) is 0 Å². The van der Waals surface area contributed by atoms with Crippen LogP contribution in [0.1, 0.15) is 0 Å². The summed E-state index contributed by atoms with van der Waals surface area (Å²) in [6.45, 7) is 0. The Morgan fingerprint density at radius 3 is 2.67 bits per heavy atom. The number of rotatable bonds is 2. The first kappa shape index (κ1) is 14.7. The molecule has 4 nitrogen and oxygen atoms in total. The van der Waals surface area contributed by atoms with Crippen LogP contribution < -0.4 is 10.5 Å². The molecule has 0 saturated heterocycles. The summed E-state index contributed by atoms with van der Waals surface area (Å²) >= 11 is 13.1. The quantitative estimate of drug-likeness (QED) is 0.635. The number of imidazole rings is 1. The van der Waals surface area contributed by atoms with Crippen LogP contribution in [0.5, 0.6) is 5.75 Å². The molecule has 3 rings (SSSR count). The molecule has 0 fully saturated rings. The van der Waals surface area contributed by atoms with E-state index in [0.717, 1.165) is 25.7 Å². The van der Waals surface area contributed by atoms with E-state index in [1.165, 1.54) is 0 Å². The molecule has 0 spiro atoms. The van der Waals surface area contributed by atoms with Crippen LogP contribution in [-0.4, -0.2) is 16.7 Å².